The summed E-state index contributed by atoms with van der Waals surface area (Å²) < 4.78 is 10.4. The van der Waals surface area contributed by atoms with Gasteiger partial charge in [-0.15, -0.1) is 10.2 Å². The van der Waals surface area contributed by atoms with Crippen molar-refractivity contribution in [3.63, 3.8) is 0 Å². The van der Waals surface area contributed by atoms with Crippen LogP contribution in [0.4, 0.5) is 10.8 Å². The van der Waals surface area contributed by atoms with Crippen LogP contribution in [0.3, 0.4) is 0 Å². The molecule has 1 atom stereocenters. The van der Waals surface area contributed by atoms with Crippen LogP contribution >= 0.6 is 11.3 Å². The van der Waals surface area contributed by atoms with Gasteiger partial charge in [0, 0.05) is 36.2 Å². The van der Waals surface area contributed by atoms with Gasteiger partial charge < -0.3 is 14.4 Å². The second-order valence-electron chi connectivity index (χ2n) is 7.67. The molecule has 9 heteroatoms. The average Bonchev–Trinajstić information content (AvgIpc) is 3.41. The van der Waals surface area contributed by atoms with Crippen molar-refractivity contribution in [1.29, 1.82) is 0 Å². The fourth-order valence-corrected chi connectivity index (χ4v) is 4.40. The molecule has 1 saturated heterocycles. The minimum absolute atomic E-state index is 0.0579. The number of ether oxygens (including phenoxy) is 2. The van der Waals surface area contributed by atoms with Crippen molar-refractivity contribution >= 4 is 34.0 Å². The lowest BCUT2D eigenvalue weighted by atomic mass is 10.1. The van der Waals surface area contributed by atoms with Crippen LogP contribution in [0.15, 0.2) is 36.4 Å². The van der Waals surface area contributed by atoms with Crippen LogP contribution in [0.2, 0.25) is 0 Å². The van der Waals surface area contributed by atoms with E-state index < -0.39 is 0 Å². The molecule has 1 N–H and O–H groups in total. The molecule has 0 radical (unpaired) electrons. The molecule has 0 unspecified atom stereocenters. The first-order valence-electron chi connectivity index (χ1n) is 10.1. The number of aryl methyl sites for hydroxylation is 2. The van der Waals surface area contributed by atoms with Crippen LogP contribution in [-0.4, -0.2) is 42.8 Å². The quantitative estimate of drug-likeness (QED) is 0.609. The summed E-state index contributed by atoms with van der Waals surface area (Å²) in [5.74, 6) is 0.683. The van der Waals surface area contributed by atoms with E-state index in [9.17, 15) is 9.59 Å². The fraction of sp³-hybridized carbons (Fsp3) is 0.304. The van der Waals surface area contributed by atoms with Crippen molar-refractivity contribution in [3.05, 3.63) is 58.1 Å². The molecule has 0 aliphatic carbocycles. The van der Waals surface area contributed by atoms with Gasteiger partial charge in [-0.05, 0) is 49.2 Å². The van der Waals surface area contributed by atoms with E-state index in [1.165, 1.54) is 31.1 Å². The van der Waals surface area contributed by atoms with Crippen LogP contribution in [0.1, 0.15) is 38.8 Å². The Morgan fingerprint density at radius 3 is 2.44 bits per heavy atom. The molecule has 0 saturated carbocycles. The van der Waals surface area contributed by atoms with Crippen molar-refractivity contribution in [2.24, 2.45) is 0 Å². The summed E-state index contributed by atoms with van der Waals surface area (Å²) >= 11 is 1.28. The molecule has 2 amide bonds. The van der Waals surface area contributed by atoms with E-state index in [1.54, 1.807) is 23.1 Å². The number of hydrogen-bond donors (Lipinski definition) is 1. The minimum atomic E-state index is -0.343. The minimum Gasteiger partial charge on any atom is -0.497 e. The topological polar surface area (TPSA) is 93.6 Å². The van der Waals surface area contributed by atoms with Gasteiger partial charge in [-0.2, -0.15) is 0 Å². The number of rotatable bonds is 6. The number of methoxy groups -OCH3 is 2. The third-order valence-electron chi connectivity index (χ3n) is 5.55. The van der Waals surface area contributed by atoms with E-state index in [0.717, 1.165) is 16.3 Å². The van der Waals surface area contributed by atoms with E-state index >= 15 is 0 Å². The maximum atomic E-state index is 12.7. The highest BCUT2D eigenvalue weighted by Gasteiger charge is 2.34. The Bertz CT molecular complexity index is 1150. The number of benzene rings is 2. The number of anilines is 2. The molecule has 32 heavy (non-hydrogen) atoms. The zero-order valence-electron chi connectivity index (χ0n) is 18.3. The van der Waals surface area contributed by atoms with Crippen LogP contribution in [-0.2, 0) is 4.79 Å². The molecule has 1 aliphatic heterocycles. The highest BCUT2D eigenvalue weighted by atomic mass is 32.1. The summed E-state index contributed by atoms with van der Waals surface area (Å²) in [4.78, 5) is 27.1. The Morgan fingerprint density at radius 1 is 1.06 bits per heavy atom. The maximum absolute atomic E-state index is 12.7. The largest absolute Gasteiger partial charge is 0.497 e. The van der Waals surface area contributed by atoms with E-state index in [-0.39, 0.29) is 17.7 Å². The van der Waals surface area contributed by atoms with Crippen LogP contribution < -0.4 is 19.7 Å². The molecule has 2 aromatic carbocycles. The number of hydrogen-bond acceptors (Lipinski definition) is 7. The predicted molar refractivity (Wildman–Crippen MR) is 123 cm³/mol. The Kier molecular flexibility index (Phi) is 6.09. The first-order chi connectivity index (χ1) is 15.4. The summed E-state index contributed by atoms with van der Waals surface area (Å²) in [5, 5.41) is 12.2. The molecule has 166 valence electrons. The van der Waals surface area contributed by atoms with Gasteiger partial charge in [0.25, 0.3) is 5.91 Å². The highest BCUT2D eigenvalue weighted by Crippen LogP contribution is 2.35. The summed E-state index contributed by atoms with van der Waals surface area (Å²) in [5.41, 5.74) is 3.62. The van der Waals surface area contributed by atoms with Crippen molar-refractivity contribution < 1.29 is 19.1 Å². The van der Waals surface area contributed by atoms with Gasteiger partial charge in [0.05, 0.1) is 14.2 Å². The third-order valence-corrected chi connectivity index (χ3v) is 6.55. The van der Waals surface area contributed by atoms with Gasteiger partial charge >= 0.3 is 0 Å². The van der Waals surface area contributed by atoms with Crippen LogP contribution in [0, 0.1) is 13.8 Å². The molecular formula is C23H24N4O4S. The highest BCUT2D eigenvalue weighted by molar-refractivity contribution is 7.15. The Morgan fingerprint density at radius 2 is 1.78 bits per heavy atom. The summed E-state index contributed by atoms with van der Waals surface area (Å²) in [6.45, 7) is 4.62. The second-order valence-corrected chi connectivity index (χ2v) is 8.68. The van der Waals surface area contributed by atoms with Gasteiger partial charge in [-0.3, -0.25) is 14.9 Å². The molecule has 4 rings (SSSR count). The van der Waals surface area contributed by atoms with Gasteiger partial charge in [-0.25, -0.2) is 0 Å². The second kappa shape index (κ2) is 8.96. The molecule has 1 fully saturated rings. The number of nitrogens with zero attached hydrogens (tertiary/aromatic N) is 3. The van der Waals surface area contributed by atoms with E-state index in [0.29, 0.717) is 35.2 Å². The normalized spacial score (nSPS) is 15.7. The summed E-state index contributed by atoms with van der Waals surface area (Å²) in [7, 11) is 3.05. The molecule has 2 heterocycles. The van der Waals surface area contributed by atoms with E-state index in [4.69, 9.17) is 9.47 Å². The van der Waals surface area contributed by atoms with E-state index in [2.05, 4.69) is 15.5 Å². The van der Waals surface area contributed by atoms with Gasteiger partial charge in [0.15, 0.2) is 0 Å². The average molecular weight is 453 g/mol. The van der Waals surface area contributed by atoms with Gasteiger partial charge in [0.2, 0.25) is 11.0 Å². The maximum Gasteiger partial charge on any atom is 0.257 e. The molecular weight excluding hydrogens is 428 g/mol. The van der Waals surface area contributed by atoms with Crippen molar-refractivity contribution in [2.45, 2.75) is 26.2 Å². The Labute approximate surface area is 190 Å². The summed E-state index contributed by atoms with van der Waals surface area (Å²) in [6.07, 6.45) is 0.364. The Hall–Kier alpha value is -3.46. The molecule has 1 aromatic heterocycles. The smallest absolute Gasteiger partial charge is 0.257 e. The first-order valence-corrected chi connectivity index (χ1v) is 10.9. The summed E-state index contributed by atoms with van der Waals surface area (Å²) in [6, 6.07) is 11.0. The van der Waals surface area contributed by atoms with Gasteiger partial charge in [-0.1, -0.05) is 17.4 Å². The monoisotopic (exact) mass is 452 g/mol. The lowest BCUT2D eigenvalue weighted by Gasteiger charge is -2.17. The molecule has 3 aromatic rings. The van der Waals surface area contributed by atoms with E-state index in [1.807, 2.05) is 32.0 Å². The number of aromatic nitrogens is 2. The first kappa shape index (κ1) is 21.8. The standard InChI is InChI=1S/C23H24N4O4S/c1-13-5-6-17(7-14(13)2)27-12-16(10-20(27)28)22-25-26-23(32-22)24-21(29)15-8-18(30-3)11-19(9-15)31-4/h5-9,11,16H,10,12H2,1-4H3,(H,24,26,29)/t16-/m1/s1. The fourth-order valence-electron chi connectivity index (χ4n) is 3.57. The SMILES string of the molecule is COc1cc(OC)cc(C(=O)Nc2nnc([C@@H]3CC(=O)N(c4ccc(C)c(C)c4)C3)s2)c1. The zero-order chi connectivity index (χ0) is 22.8. The van der Waals surface area contributed by atoms with Crippen LogP contribution in [0.5, 0.6) is 11.5 Å². The molecule has 8 nitrogen and oxygen atoms in total. The van der Waals surface area contributed by atoms with Crippen molar-refractivity contribution in [2.75, 3.05) is 31.0 Å². The predicted octanol–water partition coefficient (Wildman–Crippen LogP) is 3.94. The number of nitrogens with one attached hydrogen (secondary N) is 1. The Balaban J connectivity index is 1.46. The van der Waals surface area contributed by atoms with Crippen LogP contribution in [0.25, 0.3) is 0 Å². The molecule has 0 spiro atoms. The van der Waals surface area contributed by atoms with Crippen molar-refractivity contribution in [1.82, 2.24) is 10.2 Å². The number of carbonyl (C=O) groups is 2. The van der Waals surface area contributed by atoms with Crippen molar-refractivity contribution in [3.8, 4) is 11.5 Å². The zero-order valence-corrected chi connectivity index (χ0v) is 19.2. The third kappa shape index (κ3) is 4.43. The lowest BCUT2D eigenvalue weighted by molar-refractivity contribution is -0.117. The molecule has 1 aliphatic rings. The van der Waals surface area contributed by atoms with Gasteiger partial charge in [0.1, 0.15) is 16.5 Å². The number of carbonyl (C=O) groups excluding carboxylic acids is 2. The number of amides is 2. The lowest BCUT2D eigenvalue weighted by Crippen LogP contribution is -2.24. The molecule has 0 bridgehead atoms.